The summed E-state index contributed by atoms with van der Waals surface area (Å²) < 4.78 is 22.7. The van der Waals surface area contributed by atoms with Crippen molar-refractivity contribution < 1.29 is 8.42 Å². The maximum atomic E-state index is 11.4. The zero-order valence-corrected chi connectivity index (χ0v) is 9.18. The Morgan fingerprint density at radius 1 is 1.21 bits per heavy atom. The minimum Gasteiger partial charge on any atom is -0.329 e. The molecule has 0 amide bonds. The fourth-order valence-corrected chi connectivity index (χ4v) is 2.42. The Morgan fingerprint density at radius 3 is 2.29 bits per heavy atom. The van der Waals surface area contributed by atoms with Crippen LogP contribution < -0.4 is 5.73 Å². The zero-order valence-electron chi connectivity index (χ0n) is 7.61. The second-order valence-corrected chi connectivity index (χ2v) is 5.63. The normalized spacial score (nSPS) is 11.6. The molecule has 2 N–H and O–H groups in total. The Labute approximate surface area is 88.8 Å². The first-order chi connectivity index (χ1) is 6.53. The fraction of sp³-hybridized carbons (Fsp3) is 0.333. The molecule has 0 heterocycles. The molecule has 5 heteroatoms. The molecule has 1 aromatic rings. The van der Waals surface area contributed by atoms with Gasteiger partial charge in [-0.25, -0.2) is 8.42 Å². The van der Waals surface area contributed by atoms with Gasteiger partial charge in [-0.2, -0.15) is 0 Å². The number of hydrogen-bond donors (Lipinski definition) is 1. The molecule has 3 nitrogen and oxygen atoms in total. The molecular weight excluding hydrogens is 222 g/mol. The Morgan fingerprint density at radius 2 is 1.79 bits per heavy atom. The Kier molecular flexibility index (Phi) is 3.92. The third-order valence-corrected chi connectivity index (χ3v) is 3.61. The van der Waals surface area contributed by atoms with E-state index in [0.29, 0.717) is 5.02 Å². The largest absolute Gasteiger partial charge is 0.329 e. The highest BCUT2D eigenvalue weighted by atomic mass is 35.5. The van der Waals surface area contributed by atoms with E-state index < -0.39 is 9.84 Å². The quantitative estimate of drug-likeness (QED) is 0.851. The molecule has 0 bridgehead atoms. The standard InChI is InChI=1S/C9H12ClNO2S/c10-9-3-1-8(2-4-9)7-14(12,13)6-5-11/h1-4H,5-7,11H2. The number of sulfone groups is 1. The molecular formula is C9H12ClNO2S. The van der Waals surface area contributed by atoms with Crippen LogP contribution in [0.3, 0.4) is 0 Å². The highest BCUT2D eigenvalue weighted by Gasteiger charge is 2.10. The predicted octanol–water partition coefficient (Wildman–Crippen LogP) is 1.21. The van der Waals surface area contributed by atoms with Crippen molar-refractivity contribution in [1.29, 1.82) is 0 Å². The van der Waals surface area contributed by atoms with Gasteiger partial charge in [0.1, 0.15) is 0 Å². The predicted molar refractivity (Wildman–Crippen MR) is 58.0 cm³/mol. The van der Waals surface area contributed by atoms with Crippen LogP contribution in [0.1, 0.15) is 5.56 Å². The van der Waals surface area contributed by atoms with Crippen LogP contribution in [-0.2, 0) is 15.6 Å². The molecule has 0 aliphatic carbocycles. The van der Waals surface area contributed by atoms with Crippen LogP contribution in [0.15, 0.2) is 24.3 Å². The first kappa shape index (κ1) is 11.5. The molecule has 1 aromatic carbocycles. The van der Waals surface area contributed by atoms with Gasteiger partial charge in [-0.15, -0.1) is 0 Å². The molecule has 0 aliphatic rings. The number of hydrogen-bond acceptors (Lipinski definition) is 3. The summed E-state index contributed by atoms with van der Waals surface area (Å²) in [5.41, 5.74) is 5.93. The summed E-state index contributed by atoms with van der Waals surface area (Å²) >= 11 is 5.67. The third kappa shape index (κ3) is 3.65. The minimum absolute atomic E-state index is 0.0234. The first-order valence-electron chi connectivity index (χ1n) is 4.18. The average molecular weight is 234 g/mol. The molecule has 1 rings (SSSR count). The zero-order chi connectivity index (χ0) is 10.6. The van der Waals surface area contributed by atoms with Gasteiger partial charge in [-0.3, -0.25) is 0 Å². The molecule has 0 fully saturated rings. The number of rotatable bonds is 4. The molecule has 0 radical (unpaired) electrons. The maximum absolute atomic E-state index is 11.4. The van der Waals surface area contributed by atoms with E-state index in [1.54, 1.807) is 24.3 Å². The molecule has 0 aromatic heterocycles. The highest BCUT2D eigenvalue weighted by molar-refractivity contribution is 7.90. The topological polar surface area (TPSA) is 60.2 Å². The van der Waals surface area contributed by atoms with E-state index in [1.165, 1.54) is 0 Å². The molecule has 0 saturated heterocycles. The van der Waals surface area contributed by atoms with Crippen LogP contribution in [-0.4, -0.2) is 20.7 Å². The van der Waals surface area contributed by atoms with Gasteiger partial charge < -0.3 is 5.73 Å². The lowest BCUT2D eigenvalue weighted by Crippen LogP contribution is -2.17. The molecule has 0 spiro atoms. The van der Waals surface area contributed by atoms with Crippen molar-refractivity contribution >= 4 is 21.4 Å². The summed E-state index contributed by atoms with van der Waals surface area (Å²) in [4.78, 5) is 0. The molecule has 0 atom stereocenters. The minimum atomic E-state index is -3.07. The monoisotopic (exact) mass is 233 g/mol. The van der Waals surface area contributed by atoms with E-state index >= 15 is 0 Å². The first-order valence-corrected chi connectivity index (χ1v) is 6.38. The third-order valence-electron chi connectivity index (χ3n) is 1.73. The summed E-state index contributed by atoms with van der Waals surface area (Å²) in [6.07, 6.45) is 0. The van der Waals surface area contributed by atoms with Crippen LogP contribution in [0.2, 0.25) is 5.02 Å². The van der Waals surface area contributed by atoms with Crippen molar-refractivity contribution in [3.63, 3.8) is 0 Å². The van der Waals surface area contributed by atoms with E-state index in [2.05, 4.69) is 0 Å². The smallest absolute Gasteiger partial charge is 0.155 e. The molecule has 78 valence electrons. The van der Waals surface area contributed by atoms with Gasteiger partial charge in [0.05, 0.1) is 11.5 Å². The van der Waals surface area contributed by atoms with Gasteiger partial charge in [-0.1, -0.05) is 23.7 Å². The Hall–Kier alpha value is -0.580. The van der Waals surface area contributed by atoms with Crippen LogP contribution in [0.5, 0.6) is 0 Å². The maximum Gasteiger partial charge on any atom is 0.155 e. The van der Waals surface area contributed by atoms with Crippen molar-refractivity contribution in [3.05, 3.63) is 34.9 Å². The summed E-state index contributed by atoms with van der Waals surface area (Å²) in [7, 11) is -3.07. The van der Waals surface area contributed by atoms with Crippen LogP contribution >= 0.6 is 11.6 Å². The second-order valence-electron chi connectivity index (χ2n) is 3.01. The Bertz CT molecular complexity index is 386. The van der Waals surface area contributed by atoms with Crippen molar-refractivity contribution in [3.8, 4) is 0 Å². The van der Waals surface area contributed by atoms with E-state index in [-0.39, 0.29) is 18.1 Å². The van der Waals surface area contributed by atoms with Crippen molar-refractivity contribution in [2.45, 2.75) is 5.75 Å². The molecule has 14 heavy (non-hydrogen) atoms. The van der Waals surface area contributed by atoms with Crippen molar-refractivity contribution in [1.82, 2.24) is 0 Å². The summed E-state index contributed by atoms with van der Waals surface area (Å²) in [5, 5.41) is 0.602. The van der Waals surface area contributed by atoms with E-state index in [4.69, 9.17) is 17.3 Å². The lowest BCUT2D eigenvalue weighted by atomic mass is 10.2. The summed E-state index contributed by atoms with van der Waals surface area (Å²) in [6.45, 7) is 0.163. The number of halogens is 1. The van der Waals surface area contributed by atoms with E-state index in [0.717, 1.165) is 5.56 Å². The summed E-state index contributed by atoms with van der Waals surface area (Å²) in [5.74, 6) is 0.0526. The molecule has 0 aliphatic heterocycles. The van der Waals surface area contributed by atoms with E-state index in [9.17, 15) is 8.42 Å². The SMILES string of the molecule is NCCS(=O)(=O)Cc1ccc(Cl)cc1. The summed E-state index contributed by atoms with van der Waals surface area (Å²) in [6, 6.07) is 6.76. The van der Waals surface area contributed by atoms with Gasteiger partial charge in [0.2, 0.25) is 0 Å². The van der Waals surface area contributed by atoms with E-state index in [1.807, 2.05) is 0 Å². The van der Waals surface area contributed by atoms with Crippen molar-refractivity contribution in [2.24, 2.45) is 5.73 Å². The fourth-order valence-electron chi connectivity index (χ4n) is 1.09. The lowest BCUT2D eigenvalue weighted by Gasteiger charge is -2.02. The Balaban J connectivity index is 2.74. The van der Waals surface area contributed by atoms with Crippen LogP contribution in [0.4, 0.5) is 0 Å². The average Bonchev–Trinajstić information content (AvgIpc) is 2.08. The van der Waals surface area contributed by atoms with Crippen molar-refractivity contribution in [2.75, 3.05) is 12.3 Å². The lowest BCUT2D eigenvalue weighted by molar-refractivity contribution is 0.595. The molecule has 0 saturated carbocycles. The van der Waals surface area contributed by atoms with Gasteiger partial charge in [0.15, 0.2) is 9.84 Å². The second kappa shape index (κ2) is 4.77. The van der Waals surface area contributed by atoms with Crippen LogP contribution in [0, 0.1) is 0 Å². The van der Waals surface area contributed by atoms with Gasteiger partial charge in [0, 0.05) is 11.6 Å². The van der Waals surface area contributed by atoms with Crippen LogP contribution in [0.25, 0.3) is 0 Å². The van der Waals surface area contributed by atoms with Gasteiger partial charge in [-0.05, 0) is 17.7 Å². The number of benzene rings is 1. The number of nitrogens with two attached hydrogens (primary N) is 1. The van der Waals surface area contributed by atoms with Gasteiger partial charge in [0.25, 0.3) is 0 Å². The molecule has 0 unspecified atom stereocenters. The highest BCUT2D eigenvalue weighted by Crippen LogP contribution is 2.12. The van der Waals surface area contributed by atoms with Gasteiger partial charge >= 0.3 is 0 Å².